The fourth-order valence-corrected chi connectivity index (χ4v) is 2.30. The van der Waals surface area contributed by atoms with Crippen LogP contribution < -0.4 is 10.9 Å². The summed E-state index contributed by atoms with van der Waals surface area (Å²) in [4.78, 5) is 4.46. The fraction of sp³-hybridized carbons (Fsp3) is 0.364. The molecule has 0 bridgehead atoms. The second-order valence-electron chi connectivity index (χ2n) is 3.35. The van der Waals surface area contributed by atoms with Crippen molar-refractivity contribution < 1.29 is 4.74 Å². The molecule has 0 radical (unpaired) electrons. The Bertz CT molecular complexity index is 424. The van der Waals surface area contributed by atoms with Crippen molar-refractivity contribution in [2.75, 3.05) is 24.8 Å². The molecule has 16 heavy (non-hydrogen) atoms. The van der Waals surface area contributed by atoms with Gasteiger partial charge in [0.15, 0.2) is 0 Å². The molecule has 0 aliphatic rings. The minimum atomic E-state index is 0.628. The summed E-state index contributed by atoms with van der Waals surface area (Å²) in [6.45, 7) is 3.98. The van der Waals surface area contributed by atoms with E-state index in [9.17, 15) is 0 Å². The van der Waals surface area contributed by atoms with E-state index in [2.05, 4.69) is 4.98 Å². The summed E-state index contributed by atoms with van der Waals surface area (Å²) >= 11 is 1.60. The number of fused-ring (bicyclic) bond motifs is 1. The zero-order valence-corrected chi connectivity index (χ0v) is 10.0. The van der Waals surface area contributed by atoms with E-state index in [0.717, 1.165) is 15.3 Å². The SMILES string of the molecule is CCOCCN(N)c1nc2ccccc2s1. The van der Waals surface area contributed by atoms with Gasteiger partial charge in [-0.25, -0.2) is 10.8 Å². The predicted octanol–water partition coefficient (Wildman–Crippen LogP) is 2.01. The molecule has 4 nitrogen and oxygen atoms in total. The lowest BCUT2D eigenvalue weighted by molar-refractivity contribution is 0.154. The van der Waals surface area contributed by atoms with Gasteiger partial charge in [-0.2, -0.15) is 0 Å². The molecule has 0 amide bonds. The van der Waals surface area contributed by atoms with E-state index in [1.54, 1.807) is 16.3 Å². The van der Waals surface area contributed by atoms with E-state index in [-0.39, 0.29) is 0 Å². The summed E-state index contributed by atoms with van der Waals surface area (Å²) in [6.07, 6.45) is 0. The number of aromatic nitrogens is 1. The van der Waals surface area contributed by atoms with Gasteiger partial charge in [-0.3, -0.25) is 5.01 Å². The van der Waals surface area contributed by atoms with Crippen LogP contribution in [0.5, 0.6) is 0 Å². The molecule has 0 saturated heterocycles. The summed E-state index contributed by atoms with van der Waals surface area (Å²) in [5.74, 6) is 5.90. The molecule has 86 valence electrons. The highest BCUT2D eigenvalue weighted by atomic mass is 32.1. The molecular formula is C11H15N3OS. The molecule has 0 aliphatic heterocycles. The van der Waals surface area contributed by atoms with Crippen LogP contribution in [0, 0.1) is 0 Å². The largest absolute Gasteiger partial charge is 0.380 e. The lowest BCUT2D eigenvalue weighted by atomic mass is 10.3. The average Bonchev–Trinajstić information content (AvgIpc) is 2.73. The highest BCUT2D eigenvalue weighted by molar-refractivity contribution is 7.22. The molecule has 0 atom stereocenters. The molecule has 1 aromatic heterocycles. The first-order valence-electron chi connectivity index (χ1n) is 5.27. The number of anilines is 1. The number of hydrogen-bond donors (Lipinski definition) is 1. The Morgan fingerprint density at radius 2 is 2.25 bits per heavy atom. The molecule has 5 heteroatoms. The monoisotopic (exact) mass is 237 g/mol. The minimum absolute atomic E-state index is 0.628. The average molecular weight is 237 g/mol. The molecule has 1 aromatic carbocycles. The standard InChI is InChI=1S/C11H15N3OS/c1-2-15-8-7-14(12)11-13-9-5-3-4-6-10(9)16-11/h3-6H,2,7-8,12H2,1H3. The van der Waals surface area contributed by atoms with Gasteiger partial charge < -0.3 is 4.74 Å². The maximum Gasteiger partial charge on any atom is 0.200 e. The van der Waals surface area contributed by atoms with Crippen molar-refractivity contribution in [1.82, 2.24) is 4.98 Å². The van der Waals surface area contributed by atoms with Crippen LogP contribution >= 0.6 is 11.3 Å². The van der Waals surface area contributed by atoms with E-state index in [1.807, 2.05) is 31.2 Å². The van der Waals surface area contributed by atoms with E-state index < -0.39 is 0 Å². The summed E-state index contributed by atoms with van der Waals surface area (Å²) in [5.41, 5.74) is 0.995. The Hall–Kier alpha value is -1.17. The molecule has 0 aliphatic carbocycles. The first-order chi connectivity index (χ1) is 7.81. The minimum Gasteiger partial charge on any atom is -0.380 e. The van der Waals surface area contributed by atoms with Crippen molar-refractivity contribution in [3.05, 3.63) is 24.3 Å². The second kappa shape index (κ2) is 5.25. The smallest absolute Gasteiger partial charge is 0.200 e. The topological polar surface area (TPSA) is 51.4 Å². The number of rotatable bonds is 5. The lowest BCUT2D eigenvalue weighted by Crippen LogP contribution is -2.34. The first-order valence-corrected chi connectivity index (χ1v) is 6.08. The van der Waals surface area contributed by atoms with Gasteiger partial charge in [0.1, 0.15) is 0 Å². The zero-order chi connectivity index (χ0) is 11.4. The van der Waals surface area contributed by atoms with Gasteiger partial charge in [0.25, 0.3) is 0 Å². The Labute approximate surface area is 98.6 Å². The first kappa shape index (κ1) is 11.3. The van der Waals surface area contributed by atoms with Crippen LogP contribution in [-0.4, -0.2) is 24.7 Å². The van der Waals surface area contributed by atoms with Gasteiger partial charge in [-0.05, 0) is 19.1 Å². The molecular weight excluding hydrogens is 222 g/mol. The van der Waals surface area contributed by atoms with E-state index in [1.165, 1.54) is 0 Å². The normalized spacial score (nSPS) is 10.9. The Balaban J connectivity index is 2.07. The van der Waals surface area contributed by atoms with Gasteiger partial charge in [0, 0.05) is 6.61 Å². The van der Waals surface area contributed by atoms with Crippen LogP contribution in [0.3, 0.4) is 0 Å². The van der Waals surface area contributed by atoms with Gasteiger partial charge in [-0.1, -0.05) is 23.5 Å². The molecule has 0 saturated carbocycles. The number of nitrogens with zero attached hydrogens (tertiary/aromatic N) is 2. The van der Waals surface area contributed by atoms with Crippen molar-refractivity contribution >= 4 is 26.7 Å². The number of ether oxygens (including phenoxy) is 1. The Morgan fingerprint density at radius 3 is 3.00 bits per heavy atom. The van der Waals surface area contributed by atoms with Gasteiger partial charge in [0.05, 0.1) is 23.4 Å². The Morgan fingerprint density at radius 1 is 1.44 bits per heavy atom. The van der Waals surface area contributed by atoms with Crippen LogP contribution in [-0.2, 0) is 4.74 Å². The zero-order valence-electron chi connectivity index (χ0n) is 9.22. The number of hydrogen-bond acceptors (Lipinski definition) is 5. The van der Waals surface area contributed by atoms with Crippen LogP contribution in [0.2, 0.25) is 0 Å². The maximum atomic E-state index is 5.90. The third-order valence-electron chi connectivity index (χ3n) is 2.21. The van der Waals surface area contributed by atoms with E-state index in [4.69, 9.17) is 10.6 Å². The van der Waals surface area contributed by atoms with Crippen LogP contribution in [0.4, 0.5) is 5.13 Å². The van der Waals surface area contributed by atoms with Crippen molar-refractivity contribution in [2.45, 2.75) is 6.92 Å². The van der Waals surface area contributed by atoms with Gasteiger partial charge >= 0.3 is 0 Å². The van der Waals surface area contributed by atoms with Gasteiger partial charge in [-0.15, -0.1) is 0 Å². The molecule has 0 unspecified atom stereocenters. The lowest BCUT2D eigenvalue weighted by Gasteiger charge is -2.14. The van der Waals surface area contributed by atoms with Crippen LogP contribution in [0.25, 0.3) is 10.2 Å². The molecule has 0 fully saturated rings. The van der Waals surface area contributed by atoms with Crippen molar-refractivity contribution in [1.29, 1.82) is 0 Å². The number of benzene rings is 1. The quantitative estimate of drug-likeness (QED) is 0.491. The third-order valence-corrected chi connectivity index (χ3v) is 3.28. The number of para-hydroxylation sites is 1. The number of nitrogens with two attached hydrogens (primary N) is 1. The summed E-state index contributed by atoms with van der Waals surface area (Å²) in [5, 5.41) is 2.47. The van der Waals surface area contributed by atoms with Crippen molar-refractivity contribution in [2.24, 2.45) is 5.84 Å². The summed E-state index contributed by atoms with van der Waals surface area (Å²) < 4.78 is 6.41. The third kappa shape index (κ3) is 2.49. The van der Waals surface area contributed by atoms with Crippen LogP contribution in [0.1, 0.15) is 6.92 Å². The molecule has 0 spiro atoms. The van der Waals surface area contributed by atoms with Crippen LogP contribution in [0.15, 0.2) is 24.3 Å². The highest BCUT2D eigenvalue weighted by Crippen LogP contribution is 2.26. The van der Waals surface area contributed by atoms with E-state index in [0.29, 0.717) is 19.8 Å². The van der Waals surface area contributed by atoms with E-state index >= 15 is 0 Å². The second-order valence-corrected chi connectivity index (χ2v) is 4.36. The fourth-order valence-electron chi connectivity index (χ4n) is 1.39. The maximum absolute atomic E-state index is 5.90. The molecule has 1 heterocycles. The molecule has 2 aromatic rings. The summed E-state index contributed by atoms with van der Waals surface area (Å²) in [7, 11) is 0. The number of hydrazine groups is 1. The Kier molecular flexibility index (Phi) is 3.71. The molecule has 2 rings (SSSR count). The van der Waals surface area contributed by atoms with Crippen molar-refractivity contribution in [3.8, 4) is 0 Å². The van der Waals surface area contributed by atoms with Crippen molar-refractivity contribution in [3.63, 3.8) is 0 Å². The predicted molar refractivity (Wildman–Crippen MR) is 67.6 cm³/mol. The van der Waals surface area contributed by atoms with Gasteiger partial charge in [0.2, 0.25) is 5.13 Å². The highest BCUT2D eigenvalue weighted by Gasteiger charge is 2.07. The number of thiazole rings is 1. The molecule has 2 N–H and O–H groups in total. The summed E-state index contributed by atoms with van der Waals surface area (Å²) in [6, 6.07) is 8.02.